The summed E-state index contributed by atoms with van der Waals surface area (Å²) in [7, 11) is 1.63. The van der Waals surface area contributed by atoms with E-state index in [1.165, 1.54) is 0 Å². The molecule has 0 saturated heterocycles. The summed E-state index contributed by atoms with van der Waals surface area (Å²) in [6.07, 6.45) is 0. The van der Waals surface area contributed by atoms with Gasteiger partial charge in [-0.15, -0.1) is 0 Å². The van der Waals surface area contributed by atoms with Crippen LogP contribution in [-0.4, -0.2) is 7.11 Å². The molecule has 0 aliphatic carbocycles. The fraction of sp³-hybridized carbons (Fsp3) is 0.200. The number of hydrogen-bond donors (Lipinski definition) is 1. The van der Waals surface area contributed by atoms with E-state index in [9.17, 15) is 0 Å². The van der Waals surface area contributed by atoms with Gasteiger partial charge in [0.2, 0.25) is 0 Å². The van der Waals surface area contributed by atoms with Crippen molar-refractivity contribution in [3.63, 3.8) is 0 Å². The number of methoxy groups -OCH3 is 1. The third-order valence-corrected chi connectivity index (χ3v) is 2.02. The van der Waals surface area contributed by atoms with E-state index in [1.54, 1.807) is 7.11 Å². The molecule has 2 N–H and O–H groups in total. The van der Waals surface area contributed by atoms with Crippen LogP contribution in [0.25, 0.3) is 11.0 Å². The molecule has 1 aromatic carbocycles. The maximum absolute atomic E-state index is 5.47. The highest BCUT2D eigenvalue weighted by molar-refractivity contribution is 5.84. The highest BCUT2D eigenvalue weighted by Crippen LogP contribution is 2.28. The zero-order valence-electron chi connectivity index (χ0n) is 7.82. The summed E-state index contributed by atoms with van der Waals surface area (Å²) in [5.41, 5.74) is 0.774. The smallest absolute Gasteiger partial charge is 0.138 e. The Labute approximate surface area is 81.2 Å². The summed E-state index contributed by atoms with van der Waals surface area (Å²) >= 11 is 0. The van der Waals surface area contributed by atoms with Crippen molar-refractivity contribution in [2.45, 2.75) is 6.61 Å². The lowest BCUT2D eigenvalue weighted by Crippen LogP contribution is -1.96. The molecule has 1 aromatic heterocycles. The zero-order valence-corrected chi connectivity index (χ0v) is 7.82. The predicted molar refractivity (Wildman–Crippen MR) is 51.7 cm³/mol. The van der Waals surface area contributed by atoms with Crippen LogP contribution in [0.4, 0.5) is 0 Å². The topological polar surface area (TPSA) is 57.6 Å². The summed E-state index contributed by atoms with van der Waals surface area (Å²) in [6, 6.07) is 7.49. The fourth-order valence-corrected chi connectivity index (χ4v) is 1.42. The summed E-state index contributed by atoms with van der Waals surface area (Å²) in [6.45, 7) is 0.262. The lowest BCUT2D eigenvalue weighted by Gasteiger charge is -1.98. The number of furan rings is 1. The van der Waals surface area contributed by atoms with Gasteiger partial charge in [0.25, 0.3) is 0 Å². The molecule has 0 aliphatic heterocycles. The molecule has 1 heterocycles. The normalized spacial score (nSPS) is 10.7. The monoisotopic (exact) mass is 193 g/mol. The van der Waals surface area contributed by atoms with E-state index >= 15 is 0 Å². The first-order valence-corrected chi connectivity index (χ1v) is 4.22. The fourth-order valence-electron chi connectivity index (χ4n) is 1.42. The van der Waals surface area contributed by atoms with Crippen molar-refractivity contribution < 1.29 is 14.0 Å². The van der Waals surface area contributed by atoms with Crippen molar-refractivity contribution in [2.24, 2.45) is 5.90 Å². The van der Waals surface area contributed by atoms with Crippen LogP contribution >= 0.6 is 0 Å². The number of nitrogens with two attached hydrogens (primary N) is 1. The number of ether oxygens (including phenoxy) is 1. The minimum Gasteiger partial charge on any atom is -0.496 e. The van der Waals surface area contributed by atoms with Gasteiger partial charge in [-0.2, -0.15) is 0 Å². The van der Waals surface area contributed by atoms with Gasteiger partial charge in [0, 0.05) is 0 Å². The SMILES string of the molecule is COc1cccc2oc(CON)cc12. The van der Waals surface area contributed by atoms with Crippen LogP contribution in [-0.2, 0) is 11.4 Å². The minimum atomic E-state index is 0.262. The second kappa shape index (κ2) is 3.69. The predicted octanol–water partition coefficient (Wildman–Crippen LogP) is 1.83. The van der Waals surface area contributed by atoms with Crippen molar-refractivity contribution in [1.29, 1.82) is 0 Å². The van der Waals surface area contributed by atoms with Crippen LogP contribution in [0.15, 0.2) is 28.7 Å². The van der Waals surface area contributed by atoms with Gasteiger partial charge in [-0.25, -0.2) is 5.90 Å². The molecule has 0 atom stereocenters. The van der Waals surface area contributed by atoms with Crippen molar-refractivity contribution in [1.82, 2.24) is 0 Å². The average Bonchev–Trinajstić information content (AvgIpc) is 2.60. The molecular formula is C10H11NO3. The first-order chi connectivity index (χ1) is 6.85. The summed E-state index contributed by atoms with van der Waals surface area (Å²) in [5, 5.41) is 0.932. The molecule has 0 aliphatic rings. The van der Waals surface area contributed by atoms with Crippen molar-refractivity contribution in [3.8, 4) is 5.75 Å². The van der Waals surface area contributed by atoms with Crippen LogP contribution < -0.4 is 10.6 Å². The average molecular weight is 193 g/mol. The Morgan fingerprint density at radius 2 is 2.29 bits per heavy atom. The molecule has 14 heavy (non-hydrogen) atoms. The van der Waals surface area contributed by atoms with Gasteiger partial charge >= 0.3 is 0 Å². The lowest BCUT2D eigenvalue weighted by atomic mass is 10.2. The quantitative estimate of drug-likeness (QED) is 0.755. The molecular weight excluding hydrogens is 182 g/mol. The lowest BCUT2D eigenvalue weighted by molar-refractivity contribution is 0.110. The Morgan fingerprint density at radius 3 is 3.00 bits per heavy atom. The van der Waals surface area contributed by atoms with E-state index in [4.69, 9.17) is 15.1 Å². The van der Waals surface area contributed by atoms with Crippen LogP contribution in [0.3, 0.4) is 0 Å². The summed E-state index contributed by atoms with van der Waals surface area (Å²) in [5.74, 6) is 6.44. The largest absolute Gasteiger partial charge is 0.496 e. The molecule has 0 radical (unpaired) electrons. The summed E-state index contributed by atoms with van der Waals surface area (Å²) < 4.78 is 10.7. The van der Waals surface area contributed by atoms with Crippen LogP contribution in [0.1, 0.15) is 5.76 Å². The summed E-state index contributed by atoms with van der Waals surface area (Å²) in [4.78, 5) is 4.50. The van der Waals surface area contributed by atoms with E-state index in [0.717, 1.165) is 16.7 Å². The molecule has 0 saturated carbocycles. The van der Waals surface area contributed by atoms with Gasteiger partial charge in [0.05, 0.1) is 12.5 Å². The van der Waals surface area contributed by atoms with Crippen LogP contribution in [0.5, 0.6) is 5.75 Å². The molecule has 4 nitrogen and oxygen atoms in total. The second-order valence-corrected chi connectivity index (χ2v) is 2.90. The minimum absolute atomic E-state index is 0.262. The highest BCUT2D eigenvalue weighted by atomic mass is 16.6. The van der Waals surface area contributed by atoms with Gasteiger partial charge in [0.15, 0.2) is 0 Å². The highest BCUT2D eigenvalue weighted by Gasteiger charge is 2.07. The maximum atomic E-state index is 5.47. The number of fused-ring (bicyclic) bond motifs is 1. The Hall–Kier alpha value is -1.52. The third-order valence-electron chi connectivity index (χ3n) is 2.02. The number of benzene rings is 1. The van der Waals surface area contributed by atoms with E-state index in [2.05, 4.69) is 4.84 Å². The number of rotatable bonds is 3. The Bertz CT molecular complexity index is 436. The Morgan fingerprint density at radius 1 is 1.43 bits per heavy atom. The number of hydrogen-bond acceptors (Lipinski definition) is 4. The van der Waals surface area contributed by atoms with Crippen LogP contribution in [0, 0.1) is 0 Å². The van der Waals surface area contributed by atoms with E-state index < -0.39 is 0 Å². The van der Waals surface area contributed by atoms with E-state index in [0.29, 0.717) is 5.76 Å². The standard InChI is InChI=1S/C10H11NO3/c1-12-9-3-2-4-10-8(9)5-7(14-10)6-13-11/h2-5H,6,11H2,1H3. The van der Waals surface area contributed by atoms with Crippen LogP contribution in [0.2, 0.25) is 0 Å². The Kier molecular flexibility index (Phi) is 2.39. The molecule has 0 amide bonds. The second-order valence-electron chi connectivity index (χ2n) is 2.90. The third kappa shape index (κ3) is 1.45. The molecule has 0 unspecified atom stereocenters. The molecule has 74 valence electrons. The first-order valence-electron chi connectivity index (χ1n) is 4.22. The molecule has 0 spiro atoms. The molecule has 0 bridgehead atoms. The van der Waals surface area contributed by atoms with Gasteiger partial charge in [-0.1, -0.05) is 6.07 Å². The van der Waals surface area contributed by atoms with Crippen molar-refractivity contribution >= 4 is 11.0 Å². The zero-order chi connectivity index (χ0) is 9.97. The van der Waals surface area contributed by atoms with Gasteiger partial charge in [-0.3, -0.25) is 4.84 Å². The van der Waals surface area contributed by atoms with Gasteiger partial charge < -0.3 is 9.15 Å². The molecule has 0 fully saturated rings. The Balaban J connectivity index is 2.52. The molecule has 2 aromatic rings. The van der Waals surface area contributed by atoms with Gasteiger partial charge in [-0.05, 0) is 18.2 Å². The van der Waals surface area contributed by atoms with Crippen molar-refractivity contribution in [2.75, 3.05) is 7.11 Å². The van der Waals surface area contributed by atoms with Crippen molar-refractivity contribution in [3.05, 3.63) is 30.0 Å². The first kappa shape index (κ1) is 9.05. The maximum Gasteiger partial charge on any atom is 0.138 e. The van der Waals surface area contributed by atoms with Gasteiger partial charge in [0.1, 0.15) is 23.7 Å². The molecule has 4 heteroatoms. The molecule has 2 rings (SSSR count). The van der Waals surface area contributed by atoms with E-state index in [1.807, 2.05) is 24.3 Å². The van der Waals surface area contributed by atoms with E-state index in [-0.39, 0.29) is 6.61 Å².